The molecular formula is C15H15NO5. The topological polar surface area (TPSA) is 98.1 Å². The lowest BCUT2D eigenvalue weighted by atomic mass is 9.78. The van der Waals surface area contributed by atoms with Gasteiger partial charge >= 0.3 is 0 Å². The molecule has 0 unspecified atom stereocenters. The Hall–Kier alpha value is -1.92. The van der Waals surface area contributed by atoms with E-state index in [0.717, 1.165) is 4.90 Å². The van der Waals surface area contributed by atoms with Crippen LogP contribution in [0.4, 0.5) is 5.69 Å². The molecule has 2 amide bonds. The molecule has 3 fully saturated rings. The first-order valence-electron chi connectivity index (χ1n) is 7.03. The number of fused-ring (bicyclic) bond motifs is 5. The molecule has 6 atom stereocenters. The summed E-state index contributed by atoms with van der Waals surface area (Å²) < 4.78 is 0. The van der Waals surface area contributed by atoms with Crippen molar-refractivity contribution in [1.82, 2.24) is 0 Å². The van der Waals surface area contributed by atoms with Gasteiger partial charge in [-0.1, -0.05) is 0 Å². The monoisotopic (exact) mass is 289 g/mol. The highest BCUT2D eigenvalue weighted by Crippen LogP contribution is 2.56. The Kier molecular flexibility index (Phi) is 2.47. The Morgan fingerprint density at radius 3 is 1.86 bits per heavy atom. The summed E-state index contributed by atoms with van der Waals surface area (Å²) in [5.74, 6) is -2.31. The van der Waals surface area contributed by atoms with Gasteiger partial charge in [-0.3, -0.25) is 14.5 Å². The van der Waals surface area contributed by atoms with Crippen LogP contribution in [-0.2, 0) is 9.59 Å². The van der Waals surface area contributed by atoms with E-state index in [1.807, 2.05) is 0 Å². The second-order valence-electron chi connectivity index (χ2n) is 6.12. The Balaban J connectivity index is 1.73. The number of phenols is 1. The fourth-order valence-electron chi connectivity index (χ4n) is 4.29. The van der Waals surface area contributed by atoms with E-state index >= 15 is 0 Å². The van der Waals surface area contributed by atoms with Crippen LogP contribution in [0.25, 0.3) is 0 Å². The Bertz CT molecular complexity index is 595. The van der Waals surface area contributed by atoms with Gasteiger partial charge in [0.2, 0.25) is 11.8 Å². The molecule has 21 heavy (non-hydrogen) atoms. The molecule has 1 aliphatic heterocycles. The zero-order valence-electron chi connectivity index (χ0n) is 11.1. The number of nitrogens with zero attached hydrogens (tertiary/aromatic N) is 1. The zero-order valence-corrected chi connectivity index (χ0v) is 11.1. The van der Waals surface area contributed by atoms with Crippen LogP contribution >= 0.6 is 0 Å². The molecule has 0 radical (unpaired) electrons. The van der Waals surface area contributed by atoms with Crippen molar-refractivity contribution in [3.63, 3.8) is 0 Å². The lowest BCUT2D eigenvalue weighted by molar-refractivity contribution is -0.129. The molecule has 110 valence electrons. The van der Waals surface area contributed by atoms with E-state index in [9.17, 15) is 24.9 Å². The van der Waals surface area contributed by atoms with Crippen molar-refractivity contribution in [3.05, 3.63) is 24.3 Å². The third-order valence-corrected chi connectivity index (χ3v) is 5.20. The molecule has 2 saturated carbocycles. The van der Waals surface area contributed by atoms with E-state index in [0.29, 0.717) is 12.1 Å². The van der Waals surface area contributed by atoms with Gasteiger partial charge in [-0.15, -0.1) is 0 Å². The summed E-state index contributed by atoms with van der Waals surface area (Å²) in [7, 11) is 0. The van der Waals surface area contributed by atoms with Gasteiger partial charge in [0.15, 0.2) is 0 Å². The zero-order chi connectivity index (χ0) is 14.9. The smallest absolute Gasteiger partial charge is 0.238 e. The summed E-state index contributed by atoms with van der Waals surface area (Å²) in [6.07, 6.45) is -1.32. The highest BCUT2D eigenvalue weighted by atomic mass is 16.3. The van der Waals surface area contributed by atoms with Crippen LogP contribution in [0.5, 0.6) is 5.75 Å². The number of anilines is 1. The maximum atomic E-state index is 12.6. The first-order chi connectivity index (χ1) is 10.0. The number of carbonyl (C=O) groups is 2. The minimum absolute atomic E-state index is 0.0592. The molecule has 3 aliphatic rings. The maximum Gasteiger partial charge on any atom is 0.238 e. The van der Waals surface area contributed by atoms with Crippen LogP contribution in [0.15, 0.2) is 24.3 Å². The predicted molar refractivity (Wildman–Crippen MR) is 71.2 cm³/mol. The van der Waals surface area contributed by atoms with E-state index in [-0.39, 0.29) is 29.4 Å². The molecule has 2 bridgehead atoms. The Morgan fingerprint density at radius 1 is 0.905 bits per heavy atom. The van der Waals surface area contributed by atoms with Gasteiger partial charge in [0.05, 0.1) is 29.7 Å². The number of hydrogen-bond donors (Lipinski definition) is 3. The van der Waals surface area contributed by atoms with Crippen LogP contribution in [0.2, 0.25) is 0 Å². The average Bonchev–Trinajstić information content (AvgIpc) is 3.06. The van der Waals surface area contributed by atoms with E-state index in [4.69, 9.17) is 0 Å². The van der Waals surface area contributed by atoms with E-state index < -0.39 is 24.0 Å². The van der Waals surface area contributed by atoms with E-state index in [1.165, 1.54) is 24.3 Å². The minimum atomic E-state index is -0.923. The third-order valence-electron chi connectivity index (χ3n) is 5.20. The summed E-state index contributed by atoms with van der Waals surface area (Å²) in [5, 5.41) is 29.2. The number of aliphatic hydroxyl groups is 2. The lowest BCUT2D eigenvalue weighted by Crippen LogP contribution is -2.43. The number of aliphatic hydroxyl groups excluding tert-OH is 2. The summed E-state index contributed by atoms with van der Waals surface area (Å²) in [4.78, 5) is 26.3. The highest BCUT2D eigenvalue weighted by Gasteiger charge is 2.67. The van der Waals surface area contributed by atoms with Crippen molar-refractivity contribution in [3.8, 4) is 5.75 Å². The van der Waals surface area contributed by atoms with Crippen LogP contribution < -0.4 is 4.90 Å². The Labute approximate surface area is 120 Å². The summed E-state index contributed by atoms with van der Waals surface area (Å²) in [6.45, 7) is 0. The number of amides is 2. The predicted octanol–water partition coefficient (Wildman–Crippen LogP) is -0.131. The number of imide groups is 1. The Morgan fingerprint density at radius 2 is 1.38 bits per heavy atom. The fraction of sp³-hybridized carbons (Fsp3) is 0.467. The number of aromatic hydroxyl groups is 1. The molecule has 0 spiro atoms. The van der Waals surface area contributed by atoms with Crippen LogP contribution in [0.3, 0.4) is 0 Å². The molecule has 0 aromatic heterocycles. The van der Waals surface area contributed by atoms with Crippen molar-refractivity contribution in [2.75, 3.05) is 4.90 Å². The van der Waals surface area contributed by atoms with E-state index in [1.54, 1.807) is 0 Å². The molecule has 3 N–H and O–H groups in total. The number of rotatable bonds is 1. The first kappa shape index (κ1) is 12.8. The molecule has 1 heterocycles. The number of phenolic OH excluding ortho intramolecular Hbond substituents is 1. The fourth-order valence-corrected chi connectivity index (χ4v) is 4.29. The number of carbonyl (C=O) groups excluding carboxylic acids is 2. The largest absolute Gasteiger partial charge is 0.508 e. The standard InChI is InChI=1S/C15H15NO5/c17-7-3-1-6(2-4-7)16-14(20)10-8-5-9(11(10)15(16)21)13(19)12(8)18/h1-4,8-13,17-19H,5H2/t8-,9+,10-,11-,12-,13+/m0/s1. The summed E-state index contributed by atoms with van der Waals surface area (Å²) in [6, 6.07) is 5.87. The van der Waals surface area contributed by atoms with Gasteiger partial charge in [-0.2, -0.15) is 0 Å². The van der Waals surface area contributed by atoms with Crippen LogP contribution in [-0.4, -0.2) is 39.3 Å². The first-order valence-corrected chi connectivity index (χ1v) is 7.03. The highest BCUT2D eigenvalue weighted by molar-refractivity contribution is 6.22. The second-order valence-corrected chi connectivity index (χ2v) is 6.12. The van der Waals surface area contributed by atoms with Gasteiger partial charge in [0, 0.05) is 11.8 Å². The molecule has 1 aromatic rings. The quantitative estimate of drug-likeness (QED) is 0.626. The second kappa shape index (κ2) is 4.05. The molecule has 1 aromatic carbocycles. The third kappa shape index (κ3) is 1.49. The van der Waals surface area contributed by atoms with Gasteiger partial charge in [-0.25, -0.2) is 0 Å². The van der Waals surface area contributed by atoms with Gasteiger partial charge in [-0.05, 0) is 30.7 Å². The molecule has 6 nitrogen and oxygen atoms in total. The molecule has 4 rings (SSSR count). The normalized spacial score (nSPS) is 41.0. The molecule has 2 aliphatic carbocycles. The van der Waals surface area contributed by atoms with Crippen molar-refractivity contribution in [2.24, 2.45) is 23.7 Å². The minimum Gasteiger partial charge on any atom is -0.508 e. The SMILES string of the molecule is O=C1[C@H]2[C@@H]3C[C@@H]([C@@H](O)[C@H]3O)[C@@H]2C(=O)N1c1ccc(O)cc1. The van der Waals surface area contributed by atoms with Gasteiger partial charge < -0.3 is 15.3 Å². The van der Waals surface area contributed by atoms with E-state index in [2.05, 4.69) is 0 Å². The van der Waals surface area contributed by atoms with Crippen molar-refractivity contribution >= 4 is 17.5 Å². The number of hydrogen-bond acceptors (Lipinski definition) is 5. The average molecular weight is 289 g/mol. The van der Waals surface area contributed by atoms with Gasteiger partial charge in [0.1, 0.15) is 5.75 Å². The maximum absolute atomic E-state index is 12.6. The van der Waals surface area contributed by atoms with Crippen LogP contribution in [0, 0.1) is 23.7 Å². The van der Waals surface area contributed by atoms with Gasteiger partial charge in [0.25, 0.3) is 0 Å². The summed E-state index contributed by atoms with van der Waals surface area (Å²) >= 11 is 0. The molecular weight excluding hydrogens is 274 g/mol. The molecule has 6 heteroatoms. The number of benzene rings is 1. The summed E-state index contributed by atoms with van der Waals surface area (Å²) in [5.41, 5.74) is 0.417. The van der Waals surface area contributed by atoms with Crippen LogP contribution in [0.1, 0.15) is 6.42 Å². The molecule has 1 saturated heterocycles. The van der Waals surface area contributed by atoms with Crippen molar-refractivity contribution in [1.29, 1.82) is 0 Å². The van der Waals surface area contributed by atoms with Crippen molar-refractivity contribution < 1.29 is 24.9 Å². The van der Waals surface area contributed by atoms with Crippen molar-refractivity contribution in [2.45, 2.75) is 18.6 Å². The lowest BCUT2D eigenvalue weighted by Gasteiger charge is -2.29.